The van der Waals surface area contributed by atoms with Crippen molar-refractivity contribution in [3.63, 3.8) is 0 Å². The van der Waals surface area contributed by atoms with Crippen LogP contribution in [0, 0.1) is 16.0 Å². The lowest BCUT2D eigenvalue weighted by atomic mass is 9.97. The van der Waals surface area contributed by atoms with Gasteiger partial charge in [-0.25, -0.2) is 0 Å². The Morgan fingerprint density at radius 2 is 2.00 bits per heavy atom. The van der Waals surface area contributed by atoms with Gasteiger partial charge in [0, 0.05) is 12.0 Å². The van der Waals surface area contributed by atoms with Crippen LogP contribution >= 0.6 is 0 Å². The number of piperidine rings is 1. The molecule has 6 nitrogen and oxygen atoms in total. The third kappa shape index (κ3) is 2.84. The normalized spacial score (nSPS) is 16.2. The zero-order valence-electron chi connectivity index (χ0n) is 9.89. The number of carbonyl (C=O) groups is 1. The second-order valence-electron chi connectivity index (χ2n) is 4.29. The number of nitrogens with zero attached hydrogens (tertiary/aromatic N) is 1. The highest BCUT2D eigenvalue weighted by molar-refractivity contribution is 5.94. The minimum absolute atomic E-state index is 0.0638. The van der Waals surface area contributed by atoms with Crippen molar-refractivity contribution in [1.82, 2.24) is 5.32 Å². The van der Waals surface area contributed by atoms with Gasteiger partial charge in [0.15, 0.2) is 0 Å². The van der Waals surface area contributed by atoms with Gasteiger partial charge in [0.2, 0.25) is 5.91 Å². The van der Waals surface area contributed by atoms with Crippen molar-refractivity contribution in [2.24, 2.45) is 5.92 Å². The van der Waals surface area contributed by atoms with Crippen molar-refractivity contribution in [2.75, 3.05) is 18.4 Å². The van der Waals surface area contributed by atoms with Crippen LogP contribution in [0.4, 0.5) is 11.4 Å². The van der Waals surface area contributed by atoms with E-state index < -0.39 is 4.92 Å². The molecule has 0 atom stereocenters. The third-order valence-corrected chi connectivity index (χ3v) is 3.07. The van der Waals surface area contributed by atoms with Crippen LogP contribution in [-0.4, -0.2) is 23.9 Å². The molecule has 0 spiro atoms. The minimum Gasteiger partial charge on any atom is -0.320 e. The molecule has 0 aromatic heterocycles. The third-order valence-electron chi connectivity index (χ3n) is 3.07. The van der Waals surface area contributed by atoms with Crippen molar-refractivity contribution in [2.45, 2.75) is 12.8 Å². The van der Waals surface area contributed by atoms with E-state index in [-0.39, 0.29) is 23.2 Å². The molecule has 1 heterocycles. The Kier molecular flexibility index (Phi) is 3.88. The highest BCUT2D eigenvalue weighted by atomic mass is 16.6. The first kappa shape index (κ1) is 12.5. The number of amides is 1. The highest BCUT2D eigenvalue weighted by Gasteiger charge is 2.23. The first-order chi connectivity index (χ1) is 8.68. The number of carbonyl (C=O) groups excluding carboxylic acids is 1. The van der Waals surface area contributed by atoms with Crippen molar-refractivity contribution < 1.29 is 9.72 Å². The summed E-state index contributed by atoms with van der Waals surface area (Å²) in [6.45, 7) is 1.63. The number of rotatable bonds is 3. The van der Waals surface area contributed by atoms with Crippen LogP contribution in [0.25, 0.3) is 0 Å². The van der Waals surface area contributed by atoms with Gasteiger partial charge in [0.25, 0.3) is 5.69 Å². The maximum Gasteiger partial charge on any atom is 0.292 e. The van der Waals surface area contributed by atoms with Gasteiger partial charge in [-0.2, -0.15) is 0 Å². The van der Waals surface area contributed by atoms with Crippen LogP contribution in [-0.2, 0) is 4.79 Å². The molecular weight excluding hydrogens is 234 g/mol. The number of hydrogen-bond acceptors (Lipinski definition) is 4. The Morgan fingerprint density at radius 1 is 1.33 bits per heavy atom. The van der Waals surface area contributed by atoms with Gasteiger partial charge < -0.3 is 10.6 Å². The summed E-state index contributed by atoms with van der Waals surface area (Å²) in [6, 6.07) is 6.19. The molecule has 1 amide bonds. The summed E-state index contributed by atoms with van der Waals surface area (Å²) in [4.78, 5) is 22.3. The van der Waals surface area contributed by atoms with Crippen molar-refractivity contribution in [3.8, 4) is 0 Å². The lowest BCUT2D eigenvalue weighted by molar-refractivity contribution is -0.383. The smallest absolute Gasteiger partial charge is 0.292 e. The lowest BCUT2D eigenvalue weighted by Crippen LogP contribution is -2.34. The SMILES string of the molecule is O=C(Nc1ccccc1[N+](=O)[O-])C1CCNCC1. The molecule has 1 saturated heterocycles. The molecule has 0 aliphatic carbocycles. The van der Waals surface area contributed by atoms with Crippen molar-refractivity contribution in [1.29, 1.82) is 0 Å². The summed E-state index contributed by atoms with van der Waals surface area (Å²) in [6.07, 6.45) is 1.54. The number of benzene rings is 1. The summed E-state index contributed by atoms with van der Waals surface area (Å²) >= 11 is 0. The average molecular weight is 249 g/mol. The number of para-hydroxylation sites is 2. The summed E-state index contributed by atoms with van der Waals surface area (Å²) in [7, 11) is 0. The predicted octanol–water partition coefficient (Wildman–Crippen LogP) is 1.53. The van der Waals surface area contributed by atoms with Crippen LogP contribution in [0.1, 0.15) is 12.8 Å². The maximum atomic E-state index is 12.0. The second-order valence-corrected chi connectivity index (χ2v) is 4.29. The summed E-state index contributed by atoms with van der Waals surface area (Å²) in [5.41, 5.74) is 0.200. The summed E-state index contributed by atoms with van der Waals surface area (Å²) in [5, 5.41) is 16.7. The molecule has 2 N–H and O–H groups in total. The molecular formula is C12H15N3O3. The molecule has 96 valence electrons. The quantitative estimate of drug-likeness (QED) is 0.628. The number of anilines is 1. The standard InChI is InChI=1S/C12H15N3O3/c16-12(9-5-7-13-8-6-9)14-10-3-1-2-4-11(10)15(17)18/h1-4,9,13H,5-8H2,(H,14,16). The Bertz CT molecular complexity index is 456. The molecule has 0 unspecified atom stereocenters. The molecule has 2 rings (SSSR count). The largest absolute Gasteiger partial charge is 0.320 e. The fourth-order valence-corrected chi connectivity index (χ4v) is 2.06. The fourth-order valence-electron chi connectivity index (χ4n) is 2.06. The Morgan fingerprint density at radius 3 is 2.67 bits per heavy atom. The zero-order chi connectivity index (χ0) is 13.0. The van der Waals surface area contributed by atoms with E-state index in [1.165, 1.54) is 6.07 Å². The van der Waals surface area contributed by atoms with Crippen LogP contribution < -0.4 is 10.6 Å². The molecule has 1 fully saturated rings. The van der Waals surface area contributed by atoms with E-state index in [1.807, 2.05) is 0 Å². The fraction of sp³-hybridized carbons (Fsp3) is 0.417. The Labute approximate surface area is 105 Å². The van der Waals surface area contributed by atoms with E-state index in [1.54, 1.807) is 18.2 Å². The molecule has 6 heteroatoms. The van der Waals surface area contributed by atoms with Gasteiger partial charge in [-0.15, -0.1) is 0 Å². The van der Waals surface area contributed by atoms with E-state index in [2.05, 4.69) is 10.6 Å². The van der Waals surface area contributed by atoms with Crippen LogP contribution in [0.5, 0.6) is 0 Å². The summed E-state index contributed by atoms with van der Waals surface area (Å²) in [5.74, 6) is -0.197. The lowest BCUT2D eigenvalue weighted by Gasteiger charge is -2.21. The van der Waals surface area contributed by atoms with E-state index in [4.69, 9.17) is 0 Å². The number of nitrogens with one attached hydrogen (secondary N) is 2. The molecule has 1 aromatic rings. The molecule has 1 aromatic carbocycles. The molecule has 0 bridgehead atoms. The van der Waals surface area contributed by atoms with Gasteiger partial charge in [-0.3, -0.25) is 14.9 Å². The van der Waals surface area contributed by atoms with Gasteiger partial charge in [-0.05, 0) is 32.0 Å². The Hall–Kier alpha value is -1.95. The van der Waals surface area contributed by atoms with Crippen LogP contribution in [0.2, 0.25) is 0 Å². The van der Waals surface area contributed by atoms with Crippen LogP contribution in [0.15, 0.2) is 24.3 Å². The first-order valence-electron chi connectivity index (χ1n) is 5.93. The highest BCUT2D eigenvalue weighted by Crippen LogP contribution is 2.24. The topological polar surface area (TPSA) is 84.3 Å². The molecule has 1 aliphatic heterocycles. The zero-order valence-corrected chi connectivity index (χ0v) is 9.89. The molecule has 18 heavy (non-hydrogen) atoms. The van der Waals surface area contributed by atoms with E-state index in [0.717, 1.165) is 25.9 Å². The number of hydrogen-bond donors (Lipinski definition) is 2. The van der Waals surface area contributed by atoms with Gasteiger partial charge in [0.05, 0.1) is 4.92 Å². The van der Waals surface area contributed by atoms with E-state index >= 15 is 0 Å². The Balaban J connectivity index is 2.08. The van der Waals surface area contributed by atoms with Gasteiger partial charge in [-0.1, -0.05) is 12.1 Å². The van der Waals surface area contributed by atoms with Gasteiger partial charge in [0.1, 0.15) is 5.69 Å². The van der Waals surface area contributed by atoms with E-state index in [9.17, 15) is 14.9 Å². The second kappa shape index (κ2) is 5.59. The minimum atomic E-state index is -0.488. The van der Waals surface area contributed by atoms with Crippen LogP contribution in [0.3, 0.4) is 0 Å². The predicted molar refractivity (Wildman–Crippen MR) is 67.3 cm³/mol. The monoisotopic (exact) mass is 249 g/mol. The summed E-state index contributed by atoms with van der Waals surface area (Å²) < 4.78 is 0. The first-order valence-corrected chi connectivity index (χ1v) is 5.93. The molecule has 1 aliphatic rings. The average Bonchev–Trinajstić information content (AvgIpc) is 2.40. The maximum absolute atomic E-state index is 12.0. The number of nitro benzene ring substituents is 1. The van der Waals surface area contributed by atoms with Crippen molar-refractivity contribution in [3.05, 3.63) is 34.4 Å². The molecule has 0 saturated carbocycles. The van der Waals surface area contributed by atoms with Gasteiger partial charge >= 0.3 is 0 Å². The molecule has 0 radical (unpaired) electrons. The van der Waals surface area contributed by atoms with E-state index in [0.29, 0.717) is 0 Å². The number of nitro groups is 1. The van der Waals surface area contributed by atoms with Crippen molar-refractivity contribution >= 4 is 17.3 Å².